The average molecular weight is 493 g/mol. The zero-order chi connectivity index (χ0) is 25.2. The summed E-state index contributed by atoms with van der Waals surface area (Å²) in [5, 5.41) is 3.12. The third kappa shape index (κ3) is 4.95. The number of rotatable bonds is 8. The number of carbonyl (C=O) groups is 1. The van der Waals surface area contributed by atoms with E-state index in [1.54, 1.807) is 19.4 Å². The minimum absolute atomic E-state index is 0.0590. The number of piperazine rings is 1. The normalized spacial score (nSPS) is 16.4. The number of nitrogens with zero attached hydrogens (tertiary/aromatic N) is 3. The lowest BCUT2D eigenvalue weighted by Crippen LogP contribution is -2.46. The molecular formula is C28H33FN4O3. The maximum absolute atomic E-state index is 15.3. The first kappa shape index (κ1) is 24.3. The average Bonchev–Trinajstić information content (AvgIpc) is 3.74. The highest BCUT2D eigenvalue weighted by Gasteiger charge is 2.28. The van der Waals surface area contributed by atoms with Crippen molar-refractivity contribution < 1.29 is 13.9 Å². The molecule has 2 fully saturated rings. The van der Waals surface area contributed by atoms with Crippen molar-refractivity contribution in [3.63, 3.8) is 0 Å². The Hall–Kier alpha value is -3.39. The van der Waals surface area contributed by atoms with Crippen molar-refractivity contribution in [3.05, 3.63) is 69.8 Å². The molecule has 1 aromatic heterocycles. The zero-order valence-electron chi connectivity index (χ0n) is 20.9. The van der Waals surface area contributed by atoms with Gasteiger partial charge >= 0.3 is 0 Å². The fourth-order valence-corrected chi connectivity index (χ4v) is 4.97. The predicted octanol–water partition coefficient (Wildman–Crippen LogP) is 3.60. The first-order chi connectivity index (χ1) is 17.5. The van der Waals surface area contributed by atoms with Crippen molar-refractivity contribution in [1.29, 1.82) is 0 Å². The lowest BCUT2D eigenvalue weighted by molar-refractivity contribution is 0.0952. The molecular weight excluding hydrogens is 459 g/mol. The van der Waals surface area contributed by atoms with Crippen LogP contribution in [0.25, 0.3) is 10.9 Å². The van der Waals surface area contributed by atoms with E-state index in [-0.39, 0.29) is 17.0 Å². The number of fused-ring (bicyclic) bond motifs is 1. The zero-order valence-corrected chi connectivity index (χ0v) is 20.9. The highest BCUT2D eigenvalue weighted by Crippen LogP contribution is 2.38. The first-order valence-electron chi connectivity index (χ1n) is 12.7. The van der Waals surface area contributed by atoms with Crippen molar-refractivity contribution in [1.82, 2.24) is 14.8 Å². The molecule has 0 radical (unpaired) electrons. The molecule has 7 nitrogen and oxygen atoms in total. The fraction of sp³-hybridized carbons (Fsp3) is 0.429. The number of hydrogen-bond acceptors (Lipinski definition) is 5. The molecule has 8 heteroatoms. The summed E-state index contributed by atoms with van der Waals surface area (Å²) >= 11 is 0. The number of likely N-dealkylation sites (N-methyl/N-ethyl adjacent to an activating group) is 1. The third-order valence-electron chi connectivity index (χ3n) is 7.28. The number of halogens is 1. The van der Waals surface area contributed by atoms with Gasteiger partial charge in [-0.1, -0.05) is 19.1 Å². The number of aromatic nitrogens is 1. The summed E-state index contributed by atoms with van der Waals surface area (Å²) in [6.45, 7) is 6.77. The van der Waals surface area contributed by atoms with Crippen molar-refractivity contribution >= 4 is 22.5 Å². The van der Waals surface area contributed by atoms with Gasteiger partial charge in [0.05, 0.1) is 18.3 Å². The Kier molecular flexibility index (Phi) is 6.96. The standard InChI is InChI=1S/C28H33FN4O3/c1-3-31-11-13-32(14-12-31)26-17-25-22(16-24(26)29)27(34)23(18-33(25)20-7-8-20)28(35)30-10-9-19-5-4-6-21(15-19)36-2/h4-6,15-18,20H,3,7-14H2,1-2H3,(H,30,35). The molecule has 1 saturated carbocycles. The largest absolute Gasteiger partial charge is 0.497 e. The van der Waals surface area contributed by atoms with Crippen LogP contribution < -0.4 is 20.4 Å². The lowest BCUT2D eigenvalue weighted by Gasteiger charge is -2.35. The van der Waals surface area contributed by atoms with Crippen molar-refractivity contribution in [2.24, 2.45) is 0 Å². The molecule has 190 valence electrons. The van der Waals surface area contributed by atoms with Gasteiger partial charge in [0.2, 0.25) is 5.43 Å². The van der Waals surface area contributed by atoms with Crippen LogP contribution >= 0.6 is 0 Å². The van der Waals surface area contributed by atoms with Crippen LogP contribution in [0.5, 0.6) is 5.75 Å². The molecule has 2 aliphatic rings. The second-order valence-corrected chi connectivity index (χ2v) is 9.61. The van der Waals surface area contributed by atoms with Crippen molar-refractivity contribution in [3.8, 4) is 5.75 Å². The van der Waals surface area contributed by atoms with Gasteiger partial charge in [0.25, 0.3) is 5.91 Å². The number of benzene rings is 2. The van der Waals surface area contributed by atoms with E-state index in [0.717, 1.165) is 56.9 Å². The third-order valence-corrected chi connectivity index (χ3v) is 7.28. The summed E-state index contributed by atoms with van der Waals surface area (Å²) in [6.07, 6.45) is 4.24. The Morgan fingerprint density at radius 3 is 2.61 bits per heavy atom. The molecule has 36 heavy (non-hydrogen) atoms. The van der Waals surface area contributed by atoms with Crippen molar-refractivity contribution in [2.45, 2.75) is 32.2 Å². The summed E-state index contributed by atoms with van der Waals surface area (Å²) in [7, 11) is 1.61. The SMILES string of the molecule is CCN1CCN(c2cc3c(cc2F)c(=O)c(C(=O)NCCc2cccc(OC)c2)cn3C2CC2)CC1. The summed E-state index contributed by atoms with van der Waals surface area (Å²) in [6, 6.07) is 11.0. The number of methoxy groups -OCH3 is 1. The number of anilines is 1. The Bertz CT molecular complexity index is 1330. The molecule has 1 N–H and O–H groups in total. The minimum Gasteiger partial charge on any atom is -0.497 e. The maximum atomic E-state index is 15.3. The van der Waals surface area contributed by atoms with Crippen LogP contribution in [0.3, 0.4) is 0 Å². The van der Waals surface area contributed by atoms with Gasteiger partial charge in [-0.05, 0) is 55.6 Å². The first-order valence-corrected chi connectivity index (χ1v) is 12.7. The number of ether oxygens (including phenoxy) is 1. The molecule has 1 saturated heterocycles. The molecule has 2 heterocycles. The van der Waals surface area contributed by atoms with Crippen LogP contribution in [0.2, 0.25) is 0 Å². The van der Waals surface area contributed by atoms with Gasteiger partial charge in [0, 0.05) is 50.3 Å². The maximum Gasteiger partial charge on any atom is 0.256 e. The van der Waals surface area contributed by atoms with E-state index in [1.165, 1.54) is 6.07 Å². The molecule has 1 aliphatic heterocycles. The van der Waals surface area contributed by atoms with E-state index in [4.69, 9.17) is 4.74 Å². The number of carbonyl (C=O) groups excluding carboxylic acids is 1. The quantitative estimate of drug-likeness (QED) is 0.521. The molecule has 1 amide bonds. The number of amides is 1. The second kappa shape index (κ2) is 10.3. The van der Waals surface area contributed by atoms with E-state index in [0.29, 0.717) is 24.2 Å². The van der Waals surface area contributed by atoms with E-state index in [2.05, 4.69) is 22.0 Å². The smallest absolute Gasteiger partial charge is 0.256 e. The van der Waals surface area contributed by atoms with Gasteiger partial charge in [-0.2, -0.15) is 0 Å². The Balaban J connectivity index is 1.40. The van der Waals surface area contributed by atoms with Crippen LogP contribution in [0.15, 0.2) is 47.4 Å². The van der Waals surface area contributed by atoms with Gasteiger partial charge in [-0.3, -0.25) is 9.59 Å². The highest BCUT2D eigenvalue weighted by atomic mass is 19.1. The molecule has 2 aromatic carbocycles. The van der Waals surface area contributed by atoms with Gasteiger partial charge in [-0.25, -0.2) is 4.39 Å². The van der Waals surface area contributed by atoms with Crippen LogP contribution in [0.1, 0.15) is 41.7 Å². The Morgan fingerprint density at radius 1 is 1.14 bits per heavy atom. The van der Waals surface area contributed by atoms with E-state index in [9.17, 15) is 9.59 Å². The van der Waals surface area contributed by atoms with Crippen LogP contribution in [-0.4, -0.2) is 61.8 Å². The molecule has 0 atom stereocenters. The van der Waals surface area contributed by atoms with Crippen LogP contribution in [0.4, 0.5) is 10.1 Å². The van der Waals surface area contributed by atoms with Gasteiger partial charge in [-0.15, -0.1) is 0 Å². The molecule has 3 aromatic rings. The van der Waals surface area contributed by atoms with Gasteiger partial charge in [0.1, 0.15) is 17.1 Å². The minimum atomic E-state index is -0.431. The highest BCUT2D eigenvalue weighted by molar-refractivity contribution is 5.98. The summed E-state index contributed by atoms with van der Waals surface area (Å²) in [5.41, 5.74) is 1.89. The van der Waals surface area contributed by atoms with E-state index in [1.807, 2.05) is 28.8 Å². The molecule has 1 aliphatic carbocycles. The van der Waals surface area contributed by atoms with Gasteiger partial charge in [0.15, 0.2) is 0 Å². The second-order valence-electron chi connectivity index (χ2n) is 9.61. The molecule has 5 rings (SSSR count). The summed E-state index contributed by atoms with van der Waals surface area (Å²) in [5.74, 6) is -0.0869. The number of nitrogens with one attached hydrogen (secondary N) is 1. The number of pyridine rings is 1. The Labute approximate surface area is 210 Å². The van der Waals surface area contributed by atoms with Crippen LogP contribution in [-0.2, 0) is 6.42 Å². The molecule has 0 bridgehead atoms. The summed E-state index contributed by atoms with van der Waals surface area (Å²) in [4.78, 5) is 30.7. The van der Waals surface area contributed by atoms with Crippen LogP contribution in [0, 0.1) is 5.82 Å². The van der Waals surface area contributed by atoms with E-state index >= 15 is 4.39 Å². The molecule has 0 unspecified atom stereocenters. The molecule has 0 spiro atoms. The fourth-order valence-electron chi connectivity index (χ4n) is 4.97. The summed E-state index contributed by atoms with van der Waals surface area (Å²) < 4.78 is 22.5. The monoisotopic (exact) mass is 492 g/mol. The Morgan fingerprint density at radius 2 is 1.92 bits per heavy atom. The van der Waals surface area contributed by atoms with Crippen molar-refractivity contribution in [2.75, 3.05) is 51.3 Å². The predicted molar refractivity (Wildman–Crippen MR) is 140 cm³/mol. The lowest BCUT2D eigenvalue weighted by atomic mass is 10.1. The van der Waals surface area contributed by atoms with E-state index < -0.39 is 17.2 Å². The van der Waals surface area contributed by atoms with Gasteiger partial charge < -0.3 is 24.4 Å². The number of hydrogen-bond donors (Lipinski definition) is 1. The topological polar surface area (TPSA) is 66.8 Å².